The standard InChI is InChI=1S/C14H15Cl2N3/c1-3-6-17-14-18-9(2)7-13(19-14)11-8-10(15)4-5-12(11)16/h4-5,7-8H,3,6H2,1-2H3,(H,17,18,19). The van der Waals surface area contributed by atoms with Gasteiger partial charge in [-0.25, -0.2) is 9.97 Å². The molecule has 0 amide bonds. The van der Waals surface area contributed by atoms with Gasteiger partial charge in [0.25, 0.3) is 0 Å². The summed E-state index contributed by atoms with van der Waals surface area (Å²) in [5.74, 6) is 0.618. The maximum absolute atomic E-state index is 6.20. The Labute approximate surface area is 123 Å². The molecule has 1 N–H and O–H groups in total. The van der Waals surface area contributed by atoms with E-state index >= 15 is 0 Å². The van der Waals surface area contributed by atoms with Crippen molar-refractivity contribution in [2.24, 2.45) is 0 Å². The summed E-state index contributed by atoms with van der Waals surface area (Å²) in [6, 6.07) is 7.25. The lowest BCUT2D eigenvalue weighted by molar-refractivity contribution is 0.947. The minimum atomic E-state index is 0.618. The van der Waals surface area contributed by atoms with Crippen molar-refractivity contribution in [2.75, 3.05) is 11.9 Å². The largest absolute Gasteiger partial charge is 0.354 e. The number of halogens is 2. The molecule has 1 heterocycles. The van der Waals surface area contributed by atoms with Crippen LogP contribution in [0.15, 0.2) is 24.3 Å². The topological polar surface area (TPSA) is 37.8 Å². The highest BCUT2D eigenvalue weighted by Gasteiger charge is 2.09. The van der Waals surface area contributed by atoms with Gasteiger partial charge in [0.15, 0.2) is 0 Å². The predicted octanol–water partition coefficient (Wildman–Crippen LogP) is 4.58. The molecular weight excluding hydrogens is 281 g/mol. The quantitative estimate of drug-likeness (QED) is 0.897. The van der Waals surface area contributed by atoms with Crippen molar-refractivity contribution in [3.8, 4) is 11.3 Å². The Morgan fingerprint density at radius 2 is 1.95 bits per heavy atom. The van der Waals surface area contributed by atoms with Gasteiger partial charge in [0.05, 0.1) is 10.7 Å². The number of nitrogens with one attached hydrogen (secondary N) is 1. The van der Waals surface area contributed by atoms with E-state index in [-0.39, 0.29) is 0 Å². The van der Waals surface area contributed by atoms with Crippen molar-refractivity contribution in [3.63, 3.8) is 0 Å². The molecule has 3 nitrogen and oxygen atoms in total. The van der Waals surface area contributed by atoms with Crippen molar-refractivity contribution in [1.82, 2.24) is 9.97 Å². The maximum Gasteiger partial charge on any atom is 0.223 e. The fourth-order valence-corrected chi connectivity index (χ4v) is 2.10. The minimum absolute atomic E-state index is 0.618. The molecule has 0 aliphatic rings. The van der Waals surface area contributed by atoms with Gasteiger partial charge in [-0.2, -0.15) is 0 Å². The van der Waals surface area contributed by atoms with Crippen LogP contribution >= 0.6 is 23.2 Å². The monoisotopic (exact) mass is 295 g/mol. The first-order valence-electron chi connectivity index (χ1n) is 6.15. The second-order valence-corrected chi connectivity index (χ2v) is 5.11. The fraction of sp³-hybridized carbons (Fsp3) is 0.286. The summed E-state index contributed by atoms with van der Waals surface area (Å²) < 4.78 is 0. The van der Waals surface area contributed by atoms with Crippen molar-refractivity contribution < 1.29 is 0 Å². The third-order valence-electron chi connectivity index (χ3n) is 2.59. The highest BCUT2D eigenvalue weighted by Crippen LogP contribution is 2.30. The van der Waals surface area contributed by atoms with E-state index in [2.05, 4.69) is 22.2 Å². The Kier molecular flexibility index (Phi) is 4.61. The van der Waals surface area contributed by atoms with Crippen LogP contribution in [0.25, 0.3) is 11.3 Å². The number of nitrogens with zero attached hydrogens (tertiary/aromatic N) is 2. The number of aryl methyl sites for hydroxylation is 1. The zero-order chi connectivity index (χ0) is 13.8. The summed E-state index contributed by atoms with van der Waals surface area (Å²) in [5.41, 5.74) is 2.48. The Hall–Kier alpha value is -1.32. The van der Waals surface area contributed by atoms with E-state index in [0.717, 1.165) is 29.9 Å². The molecule has 0 spiro atoms. The molecule has 0 unspecified atom stereocenters. The Morgan fingerprint density at radius 1 is 1.16 bits per heavy atom. The fourth-order valence-electron chi connectivity index (χ4n) is 1.72. The molecule has 0 bridgehead atoms. The van der Waals surface area contributed by atoms with Gasteiger partial charge in [-0.3, -0.25) is 0 Å². The SMILES string of the molecule is CCCNc1nc(C)cc(-c2cc(Cl)ccc2Cl)n1. The molecule has 19 heavy (non-hydrogen) atoms. The number of hydrogen-bond donors (Lipinski definition) is 1. The summed E-state index contributed by atoms with van der Waals surface area (Å²) in [4.78, 5) is 8.83. The molecule has 2 rings (SSSR count). The van der Waals surface area contributed by atoms with Crippen LogP contribution in [0.1, 0.15) is 19.0 Å². The summed E-state index contributed by atoms with van der Waals surface area (Å²) >= 11 is 12.2. The second kappa shape index (κ2) is 6.22. The predicted molar refractivity (Wildman–Crippen MR) is 81.0 cm³/mol. The molecule has 0 radical (unpaired) electrons. The van der Waals surface area contributed by atoms with Crippen molar-refractivity contribution in [1.29, 1.82) is 0 Å². The highest BCUT2D eigenvalue weighted by molar-refractivity contribution is 6.35. The van der Waals surface area contributed by atoms with E-state index in [0.29, 0.717) is 16.0 Å². The summed E-state index contributed by atoms with van der Waals surface area (Å²) in [6.45, 7) is 4.87. The zero-order valence-electron chi connectivity index (χ0n) is 10.9. The zero-order valence-corrected chi connectivity index (χ0v) is 12.4. The van der Waals surface area contributed by atoms with Crippen LogP contribution in [0.2, 0.25) is 10.0 Å². The molecule has 100 valence electrons. The number of aromatic nitrogens is 2. The minimum Gasteiger partial charge on any atom is -0.354 e. The van der Waals surface area contributed by atoms with E-state index in [1.54, 1.807) is 12.1 Å². The van der Waals surface area contributed by atoms with Crippen LogP contribution in [0.4, 0.5) is 5.95 Å². The van der Waals surface area contributed by atoms with Crippen molar-refractivity contribution in [3.05, 3.63) is 40.0 Å². The average Bonchev–Trinajstić information content (AvgIpc) is 2.38. The summed E-state index contributed by atoms with van der Waals surface area (Å²) in [7, 11) is 0. The molecule has 0 fully saturated rings. The lowest BCUT2D eigenvalue weighted by Crippen LogP contribution is -2.05. The second-order valence-electron chi connectivity index (χ2n) is 4.27. The summed E-state index contributed by atoms with van der Waals surface area (Å²) in [5, 5.41) is 4.45. The van der Waals surface area contributed by atoms with Crippen LogP contribution in [-0.2, 0) is 0 Å². The van der Waals surface area contributed by atoms with Gasteiger partial charge in [0.1, 0.15) is 0 Å². The normalized spacial score (nSPS) is 10.5. The van der Waals surface area contributed by atoms with Crippen LogP contribution < -0.4 is 5.32 Å². The maximum atomic E-state index is 6.20. The first-order chi connectivity index (χ1) is 9.10. The van der Waals surface area contributed by atoms with Crippen LogP contribution in [0.5, 0.6) is 0 Å². The third-order valence-corrected chi connectivity index (χ3v) is 3.16. The molecule has 2 aromatic rings. The van der Waals surface area contributed by atoms with E-state index in [1.165, 1.54) is 0 Å². The van der Waals surface area contributed by atoms with Gasteiger partial charge in [-0.1, -0.05) is 30.1 Å². The molecule has 1 aromatic heterocycles. The molecule has 0 saturated carbocycles. The number of rotatable bonds is 4. The van der Waals surface area contributed by atoms with E-state index < -0.39 is 0 Å². The molecule has 0 aliphatic heterocycles. The number of benzene rings is 1. The molecule has 0 saturated heterocycles. The molecule has 0 atom stereocenters. The molecule has 1 aromatic carbocycles. The molecule has 5 heteroatoms. The van der Waals surface area contributed by atoms with Gasteiger partial charge in [0, 0.05) is 22.8 Å². The van der Waals surface area contributed by atoms with E-state index in [9.17, 15) is 0 Å². The van der Waals surface area contributed by atoms with Gasteiger partial charge in [0.2, 0.25) is 5.95 Å². The lowest BCUT2D eigenvalue weighted by atomic mass is 10.1. The van der Waals surface area contributed by atoms with E-state index in [4.69, 9.17) is 23.2 Å². The first kappa shape index (κ1) is 14.1. The Morgan fingerprint density at radius 3 is 2.68 bits per heavy atom. The Bertz CT molecular complexity index is 585. The summed E-state index contributed by atoms with van der Waals surface area (Å²) in [6.07, 6.45) is 1.02. The van der Waals surface area contributed by atoms with Crippen LogP contribution in [0, 0.1) is 6.92 Å². The smallest absolute Gasteiger partial charge is 0.223 e. The van der Waals surface area contributed by atoms with Gasteiger partial charge in [-0.15, -0.1) is 0 Å². The third kappa shape index (κ3) is 3.58. The molecular formula is C14H15Cl2N3. The lowest BCUT2D eigenvalue weighted by Gasteiger charge is -2.09. The molecule has 0 aliphatic carbocycles. The van der Waals surface area contributed by atoms with Gasteiger partial charge in [-0.05, 0) is 37.6 Å². The van der Waals surface area contributed by atoms with Crippen LogP contribution in [0.3, 0.4) is 0 Å². The van der Waals surface area contributed by atoms with Crippen molar-refractivity contribution in [2.45, 2.75) is 20.3 Å². The van der Waals surface area contributed by atoms with Gasteiger partial charge >= 0.3 is 0 Å². The highest BCUT2D eigenvalue weighted by atomic mass is 35.5. The van der Waals surface area contributed by atoms with Crippen molar-refractivity contribution >= 4 is 29.2 Å². The average molecular weight is 296 g/mol. The number of anilines is 1. The van der Waals surface area contributed by atoms with E-state index in [1.807, 2.05) is 19.1 Å². The number of hydrogen-bond acceptors (Lipinski definition) is 3. The first-order valence-corrected chi connectivity index (χ1v) is 6.90. The van der Waals surface area contributed by atoms with Gasteiger partial charge < -0.3 is 5.32 Å². The Balaban J connectivity index is 2.43. The van der Waals surface area contributed by atoms with Crippen LogP contribution in [-0.4, -0.2) is 16.5 Å².